The zero-order valence-electron chi connectivity index (χ0n) is 18.3. The van der Waals surface area contributed by atoms with Crippen molar-refractivity contribution in [2.75, 3.05) is 12.4 Å². The Bertz CT molecular complexity index is 1200. The van der Waals surface area contributed by atoms with Crippen LogP contribution in [0.2, 0.25) is 0 Å². The van der Waals surface area contributed by atoms with E-state index < -0.39 is 5.97 Å². The normalized spacial score (nSPS) is 18.0. The van der Waals surface area contributed by atoms with E-state index in [-0.39, 0.29) is 29.2 Å². The first-order valence-electron chi connectivity index (χ1n) is 11.1. The summed E-state index contributed by atoms with van der Waals surface area (Å²) in [5.74, 6) is -0.0536. The summed E-state index contributed by atoms with van der Waals surface area (Å²) in [6.45, 7) is 0. The van der Waals surface area contributed by atoms with E-state index in [1.54, 1.807) is 7.11 Å². The van der Waals surface area contributed by atoms with Crippen molar-refractivity contribution in [3.63, 3.8) is 0 Å². The van der Waals surface area contributed by atoms with Crippen molar-refractivity contribution < 1.29 is 24.2 Å². The third kappa shape index (κ3) is 4.09. The van der Waals surface area contributed by atoms with Gasteiger partial charge in [-0.05, 0) is 48.9 Å². The number of aromatic carboxylic acids is 1. The Morgan fingerprint density at radius 2 is 1.85 bits per heavy atom. The Labute approximate surface area is 196 Å². The zero-order chi connectivity index (χ0) is 22.9. The number of anilines is 1. The van der Waals surface area contributed by atoms with Gasteiger partial charge in [0.15, 0.2) is 11.5 Å². The molecule has 0 bridgehead atoms. The van der Waals surface area contributed by atoms with Crippen LogP contribution < -0.4 is 14.8 Å². The predicted molar refractivity (Wildman–Crippen MR) is 128 cm³/mol. The summed E-state index contributed by atoms with van der Waals surface area (Å²) in [6, 6.07) is 15.1. The van der Waals surface area contributed by atoms with Crippen LogP contribution in [-0.4, -0.2) is 30.2 Å². The van der Waals surface area contributed by atoms with Gasteiger partial charge in [0.25, 0.3) is 0 Å². The first-order chi connectivity index (χ1) is 16.0. The Morgan fingerprint density at radius 1 is 1.09 bits per heavy atom. The van der Waals surface area contributed by atoms with E-state index in [0.29, 0.717) is 22.7 Å². The van der Waals surface area contributed by atoms with Crippen molar-refractivity contribution >= 4 is 28.9 Å². The smallest absolute Gasteiger partial charge is 0.346 e. The van der Waals surface area contributed by atoms with Gasteiger partial charge in [-0.2, -0.15) is 0 Å². The summed E-state index contributed by atoms with van der Waals surface area (Å²) in [5.41, 5.74) is 2.85. The number of rotatable bonds is 6. The summed E-state index contributed by atoms with van der Waals surface area (Å²) in [5, 5.41) is 12.9. The van der Waals surface area contributed by atoms with Crippen molar-refractivity contribution in [3.05, 3.63) is 63.8 Å². The van der Waals surface area contributed by atoms with Crippen LogP contribution >= 0.6 is 11.3 Å². The first-order valence-corrected chi connectivity index (χ1v) is 12.0. The molecule has 1 unspecified atom stereocenters. The molecule has 170 valence electrons. The lowest BCUT2D eigenvalue weighted by Gasteiger charge is -2.25. The van der Waals surface area contributed by atoms with Crippen LogP contribution in [0.4, 0.5) is 5.69 Å². The molecule has 5 rings (SSSR count). The van der Waals surface area contributed by atoms with E-state index >= 15 is 0 Å². The molecule has 2 aliphatic rings. The van der Waals surface area contributed by atoms with Gasteiger partial charge in [-0.3, -0.25) is 4.79 Å². The second kappa shape index (κ2) is 8.90. The number of nitrogens with one attached hydrogen (secondary N) is 1. The zero-order valence-corrected chi connectivity index (χ0v) is 19.1. The number of hydrogen-bond donors (Lipinski definition) is 2. The molecule has 6 nitrogen and oxygen atoms in total. The number of carboxylic acid groups (broad SMARTS) is 1. The fourth-order valence-electron chi connectivity index (χ4n) is 4.77. The number of ether oxygens (including phenoxy) is 2. The lowest BCUT2D eigenvalue weighted by molar-refractivity contribution is -0.116. The van der Waals surface area contributed by atoms with Gasteiger partial charge >= 0.3 is 5.97 Å². The van der Waals surface area contributed by atoms with Crippen LogP contribution in [0.1, 0.15) is 58.1 Å². The van der Waals surface area contributed by atoms with Crippen LogP contribution in [-0.2, 0) is 4.79 Å². The Balaban J connectivity index is 1.60. The molecule has 2 N–H and O–H groups in total. The monoisotopic (exact) mass is 463 g/mol. The highest BCUT2D eigenvalue weighted by Gasteiger charge is 2.35. The lowest BCUT2D eigenvalue weighted by Crippen LogP contribution is -2.22. The quantitative estimate of drug-likeness (QED) is 0.474. The number of benzene rings is 2. The molecule has 1 aliphatic heterocycles. The largest absolute Gasteiger partial charge is 0.493 e. The number of carbonyl (C=O) groups excluding carboxylic acids is 1. The molecule has 33 heavy (non-hydrogen) atoms. The maximum absolute atomic E-state index is 12.7. The summed E-state index contributed by atoms with van der Waals surface area (Å²) >= 11 is 1.23. The minimum atomic E-state index is -0.999. The number of carbonyl (C=O) groups is 2. The topological polar surface area (TPSA) is 84.9 Å². The highest BCUT2D eigenvalue weighted by Crippen LogP contribution is 2.50. The first kappa shape index (κ1) is 21.5. The average Bonchev–Trinajstić information content (AvgIpc) is 3.47. The fourth-order valence-corrected chi connectivity index (χ4v) is 6.02. The molecule has 1 atom stereocenters. The molecule has 7 heteroatoms. The highest BCUT2D eigenvalue weighted by molar-refractivity contribution is 7.15. The van der Waals surface area contributed by atoms with Crippen molar-refractivity contribution in [1.82, 2.24) is 0 Å². The van der Waals surface area contributed by atoms with E-state index in [9.17, 15) is 14.7 Å². The summed E-state index contributed by atoms with van der Waals surface area (Å²) in [7, 11) is 1.62. The Hall–Kier alpha value is -3.32. The van der Waals surface area contributed by atoms with E-state index in [0.717, 1.165) is 41.7 Å². The number of methoxy groups -OCH3 is 1. The van der Waals surface area contributed by atoms with Crippen LogP contribution in [0.25, 0.3) is 11.1 Å². The van der Waals surface area contributed by atoms with Crippen LogP contribution in [0.5, 0.6) is 11.5 Å². The van der Waals surface area contributed by atoms with E-state index in [2.05, 4.69) is 5.32 Å². The number of thiophene rings is 1. The van der Waals surface area contributed by atoms with E-state index in [4.69, 9.17) is 9.47 Å². The third-order valence-corrected chi connectivity index (χ3v) is 7.64. The van der Waals surface area contributed by atoms with Gasteiger partial charge in [-0.1, -0.05) is 36.4 Å². The van der Waals surface area contributed by atoms with E-state index in [1.165, 1.54) is 11.3 Å². The molecular weight excluding hydrogens is 438 g/mol. The second-order valence-corrected chi connectivity index (χ2v) is 9.51. The molecule has 1 amide bonds. The predicted octanol–water partition coefficient (Wildman–Crippen LogP) is 5.92. The molecule has 0 saturated heterocycles. The number of fused-ring (bicyclic) bond motifs is 1. The highest BCUT2D eigenvalue weighted by atomic mass is 32.1. The molecule has 2 heterocycles. The fraction of sp³-hybridized carbons (Fsp3) is 0.308. The molecular formula is C26H25NO5S. The molecule has 1 aromatic heterocycles. The molecule has 0 spiro atoms. The summed E-state index contributed by atoms with van der Waals surface area (Å²) in [4.78, 5) is 26.0. The number of amides is 1. The van der Waals surface area contributed by atoms with Crippen molar-refractivity contribution in [3.8, 4) is 22.6 Å². The van der Waals surface area contributed by atoms with Crippen LogP contribution in [0.15, 0.2) is 48.5 Å². The summed E-state index contributed by atoms with van der Waals surface area (Å²) in [6.07, 6.45) is 4.79. The molecule has 1 saturated carbocycles. The average molecular weight is 464 g/mol. The molecule has 3 aromatic rings. The molecule has 0 radical (unpaired) electrons. The van der Waals surface area contributed by atoms with Crippen molar-refractivity contribution in [1.29, 1.82) is 0 Å². The Morgan fingerprint density at radius 3 is 2.55 bits per heavy atom. The SMILES string of the molecule is COc1ccc(C2CC(=O)Nc3c2sc(C(=O)O)c3-c2ccccc2)cc1OC1CCCC1. The second-order valence-electron chi connectivity index (χ2n) is 8.46. The van der Waals surface area contributed by atoms with Crippen molar-refractivity contribution in [2.45, 2.75) is 44.1 Å². The van der Waals surface area contributed by atoms with Crippen LogP contribution in [0, 0.1) is 0 Å². The van der Waals surface area contributed by atoms with Gasteiger partial charge in [0.05, 0.1) is 18.9 Å². The maximum atomic E-state index is 12.7. The molecule has 1 fully saturated rings. The minimum absolute atomic E-state index is 0.131. The van der Waals surface area contributed by atoms with Crippen molar-refractivity contribution in [2.24, 2.45) is 0 Å². The van der Waals surface area contributed by atoms with Gasteiger partial charge in [-0.25, -0.2) is 4.79 Å². The van der Waals surface area contributed by atoms with Crippen LogP contribution in [0.3, 0.4) is 0 Å². The van der Waals surface area contributed by atoms with Gasteiger partial charge in [0.2, 0.25) is 5.91 Å². The van der Waals surface area contributed by atoms with Gasteiger partial charge < -0.3 is 19.9 Å². The number of hydrogen-bond acceptors (Lipinski definition) is 5. The number of carboxylic acids is 1. The maximum Gasteiger partial charge on any atom is 0.346 e. The Kier molecular flexibility index (Phi) is 5.81. The standard InChI is InChI=1S/C26H25NO5S/c1-31-19-12-11-16(13-20(19)32-17-9-5-6-10-17)18-14-21(28)27-23-22(15-7-3-2-4-8-15)25(26(29)30)33-24(18)23/h2-4,7-8,11-13,17-18H,5-6,9-10,14H2,1H3,(H,27,28)(H,29,30). The third-order valence-electron chi connectivity index (χ3n) is 6.35. The van der Waals surface area contributed by atoms with E-state index in [1.807, 2.05) is 48.5 Å². The molecule has 2 aromatic carbocycles. The summed E-state index contributed by atoms with van der Waals surface area (Å²) < 4.78 is 11.8. The van der Waals surface area contributed by atoms with Gasteiger partial charge in [0, 0.05) is 22.8 Å². The molecule has 1 aliphatic carbocycles. The lowest BCUT2D eigenvalue weighted by atomic mass is 9.88. The van der Waals surface area contributed by atoms with Gasteiger partial charge in [0.1, 0.15) is 4.88 Å². The van der Waals surface area contributed by atoms with Gasteiger partial charge in [-0.15, -0.1) is 11.3 Å². The minimum Gasteiger partial charge on any atom is -0.493 e.